The number of benzene rings is 2. The van der Waals surface area contributed by atoms with Crippen LogP contribution >= 0.6 is 11.8 Å². The minimum atomic E-state index is -4.44. The molecule has 1 atom stereocenters. The van der Waals surface area contributed by atoms with Gasteiger partial charge in [-0.15, -0.1) is 11.8 Å². The van der Waals surface area contributed by atoms with Gasteiger partial charge in [-0.3, -0.25) is 4.79 Å². The van der Waals surface area contributed by atoms with Crippen LogP contribution in [0.25, 0.3) is 4.91 Å². The first kappa shape index (κ1) is 15.9. The van der Waals surface area contributed by atoms with Crippen LogP contribution in [0.1, 0.15) is 28.4 Å². The van der Waals surface area contributed by atoms with Crippen LogP contribution in [0.15, 0.2) is 60.7 Å². The molecule has 2 aromatic carbocycles. The molecule has 0 bridgehead atoms. The first-order valence-corrected chi connectivity index (χ1v) is 7.96. The third-order valence-electron chi connectivity index (χ3n) is 3.62. The molecule has 1 nitrogen and oxygen atoms in total. The standard InChI is InChI=1S/C18H13F3OS/c19-18(20,21)15-9-5-4-8-14(15)17-11-13(22)10-16(23-17)12-6-2-1-3-7-12/h1-9,11,16H,10H2. The zero-order valence-corrected chi connectivity index (χ0v) is 12.8. The van der Waals surface area contributed by atoms with E-state index in [0.717, 1.165) is 11.6 Å². The van der Waals surface area contributed by atoms with Crippen LogP contribution in [-0.4, -0.2) is 5.78 Å². The van der Waals surface area contributed by atoms with Crippen LogP contribution in [-0.2, 0) is 11.0 Å². The van der Waals surface area contributed by atoms with Gasteiger partial charge in [-0.2, -0.15) is 13.2 Å². The lowest BCUT2D eigenvalue weighted by Gasteiger charge is -2.24. The average Bonchev–Trinajstić information content (AvgIpc) is 2.54. The zero-order valence-electron chi connectivity index (χ0n) is 12.0. The molecule has 1 aliphatic rings. The molecule has 1 unspecified atom stereocenters. The molecule has 23 heavy (non-hydrogen) atoms. The molecule has 0 aliphatic carbocycles. The van der Waals surface area contributed by atoms with E-state index >= 15 is 0 Å². The second-order valence-corrected chi connectivity index (χ2v) is 6.48. The summed E-state index contributed by atoms with van der Waals surface area (Å²) in [4.78, 5) is 12.4. The molecule has 1 aliphatic heterocycles. The van der Waals surface area contributed by atoms with Gasteiger partial charge < -0.3 is 0 Å². The SMILES string of the molecule is O=C1C=C(c2ccccc2C(F)(F)F)SC(c2ccccc2)C1. The summed E-state index contributed by atoms with van der Waals surface area (Å²) >= 11 is 1.31. The molecule has 0 fully saturated rings. The number of allylic oxidation sites excluding steroid dienone is 1. The summed E-state index contributed by atoms with van der Waals surface area (Å²) in [6, 6.07) is 14.8. The monoisotopic (exact) mass is 334 g/mol. The second kappa shape index (κ2) is 6.24. The van der Waals surface area contributed by atoms with E-state index in [1.165, 1.54) is 30.0 Å². The predicted octanol–water partition coefficient (Wildman–Crippen LogP) is 5.49. The Kier molecular flexibility index (Phi) is 4.31. The minimum Gasteiger partial charge on any atom is -0.295 e. The van der Waals surface area contributed by atoms with Crippen molar-refractivity contribution in [3.05, 3.63) is 77.4 Å². The van der Waals surface area contributed by atoms with Crippen molar-refractivity contribution in [2.75, 3.05) is 0 Å². The van der Waals surface area contributed by atoms with Gasteiger partial charge in [-0.05, 0) is 17.7 Å². The summed E-state index contributed by atoms with van der Waals surface area (Å²) in [6.07, 6.45) is -2.82. The lowest BCUT2D eigenvalue weighted by molar-refractivity contribution is -0.137. The van der Waals surface area contributed by atoms with Gasteiger partial charge in [0.2, 0.25) is 0 Å². The number of alkyl halides is 3. The number of carbonyl (C=O) groups is 1. The highest BCUT2D eigenvalue weighted by Gasteiger charge is 2.35. The number of hydrogen-bond acceptors (Lipinski definition) is 2. The highest BCUT2D eigenvalue weighted by atomic mass is 32.2. The van der Waals surface area contributed by atoms with E-state index in [1.807, 2.05) is 30.3 Å². The molecular formula is C18H13F3OS. The molecule has 5 heteroatoms. The average molecular weight is 334 g/mol. The van der Waals surface area contributed by atoms with E-state index in [9.17, 15) is 18.0 Å². The Bertz CT molecular complexity index is 750. The van der Waals surface area contributed by atoms with Crippen LogP contribution in [0, 0.1) is 0 Å². The quantitative estimate of drug-likeness (QED) is 0.722. The van der Waals surface area contributed by atoms with Crippen LogP contribution in [0.2, 0.25) is 0 Å². The third-order valence-corrected chi connectivity index (χ3v) is 4.93. The maximum atomic E-state index is 13.2. The Morgan fingerprint density at radius 3 is 2.30 bits per heavy atom. The number of rotatable bonds is 2. The fourth-order valence-electron chi connectivity index (χ4n) is 2.56. The molecule has 1 heterocycles. The molecule has 0 saturated heterocycles. The van der Waals surface area contributed by atoms with E-state index in [-0.39, 0.29) is 16.6 Å². The molecule has 3 rings (SSSR count). The van der Waals surface area contributed by atoms with Gasteiger partial charge in [0.15, 0.2) is 5.78 Å². The van der Waals surface area contributed by atoms with Gasteiger partial charge in [0.1, 0.15) is 0 Å². The van der Waals surface area contributed by atoms with Crippen molar-refractivity contribution in [2.24, 2.45) is 0 Å². The van der Waals surface area contributed by atoms with Gasteiger partial charge >= 0.3 is 6.18 Å². The molecule has 2 aromatic rings. The Balaban J connectivity index is 1.99. The summed E-state index contributed by atoms with van der Waals surface area (Å²) in [5.74, 6) is -0.149. The number of thioether (sulfide) groups is 1. The summed E-state index contributed by atoms with van der Waals surface area (Å²) in [7, 11) is 0. The van der Waals surface area contributed by atoms with Crippen molar-refractivity contribution >= 4 is 22.5 Å². The Morgan fingerprint density at radius 2 is 1.61 bits per heavy atom. The number of hydrogen-bond donors (Lipinski definition) is 0. The fraction of sp³-hybridized carbons (Fsp3) is 0.167. The van der Waals surface area contributed by atoms with Crippen molar-refractivity contribution in [2.45, 2.75) is 17.8 Å². The molecular weight excluding hydrogens is 321 g/mol. The van der Waals surface area contributed by atoms with Gasteiger partial charge in [0.25, 0.3) is 0 Å². The highest BCUT2D eigenvalue weighted by Crippen LogP contribution is 2.47. The molecule has 0 amide bonds. The van der Waals surface area contributed by atoms with E-state index < -0.39 is 11.7 Å². The van der Waals surface area contributed by atoms with Gasteiger partial charge in [0, 0.05) is 22.1 Å². The van der Waals surface area contributed by atoms with Crippen molar-refractivity contribution in [1.82, 2.24) is 0 Å². The van der Waals surface area contributed by atoms with E-state index in [4.69, 9.17) is 0 Å². The molecule has 118 valence electrons. The molecule has 0 radical (unpaired) electrons. The highest BCUT2D eigenvalue weighted by molar-refractivity contribution is 8.08. The zero-order chi connectivity index (χ0) is 16.4. The predicted molar refractivity (Wildman–Crippen MR) is 85.8 cm³/mol. The maximum Gasteiger partial charge on any atom is 0.417 e. The Morgan fingerprint density at radius 1 is 0.957 bits per heavy atom. The first-order chi connectivity index (χ1) is 10.9. The third kappa shape index (κ3) is 3.50. The Hall–Kier alpha value is -2.01. The number of halogens is 3. The molecule has 0 spiro atoms. The van der Waals surface area contributed by atoms with E-state index in [0.29, 0.717) is 11.3 Å². The van der Waals surface area contributed by atoms with Crippen LogP contribution in [0.3, 0.4) is 0 Å². The summed E-state index contributed by atoms with van der Waals surface area (Å²) in [6.45, 7) is 0. The fourth-order valence-corrected chi connectivity index (χ4v) is 3.91. The Labute approximate surface area is 136 Å². The number of carbonyl (C=O) groups excluding carboxylic acids is 1. The summed E-state index contributed by atoms with van der Waals surface area (Å²) in [5.41, 5.74) is 0.306. The van der Waals surface area contributed by atoms with Gasteiger partial charge in [-0.25, -0.2) is 0 Å². The minimum absolute atomic E-state index is 0.0685. The van der Waals surface area contributed by atoms with E-state index in [1.54, 1.807) is 6.07 Å². The van der Waals surface area contributed by atoms with Crippen molar-refractivity contribution in [1.29, 1.82) is 0 Å². The summed E-state index contributed by atoms with van der Waals surface area (Å²) < 4.78 is 39.6. The van der Waals surface area contributed by atoms with Crippen molar-refractivity contribution in [3.63, 3.8) is 0 Å². The summed E-state index contributed by atoms with van der Waals surface area (Å²) in [5, 5.41) is -0.162. The topological polar surface area (TPSA) is 17.1 Å². The molecule has 0 N–H and O–H groups in total. The van der Waals surface area contributed by atoms with Gasteiger partial charge in [-0.1, -0.05) is 48.5 Å². The largest absolute Gasteiger partial charge is 0.417 e. The van der Waals surface area contributed by atoms with Gasteiger partial charge in [0.05, 0.1) is 5.56 Å². The van der Waals surface area contributed by atoms with Crippen molar-refractivity contribution in [3.8, 4) is 0 Å². The molecule has 0 aromatic heterocycles. The molecule has 0 saturated carbocycles. The normalized spacial score (nSPS) is 18.7. The van der Waals surface area contributed by atoms with Crippen molar-refractivity contribution < 1.29 is 18.0 Å². The van der Waals surface area contributed by atoms with Crippen LogP contribution in [0.4, 0.5) is 13.2 Å². The first-order valence-electron chi connectivity index (χ1n) is 7.08. The maximum absolute atomic E-state index is 13.2. The number of ketones is 1. The van der Waals surface area contributed by atoms with Crippen LogP contribution < -0.4 is 0 Å². The second-order valence-electron chi connectivity index (χ2n) is 5.24. The van der Waals surface area contributed by atoms with Crippen LogP contribution in [0.5, 0.6) is 0 Å². The lowest BCUT2D eigenvalue weighted by Crippen LogP contribution is -2.12. The smallest absolute Gasteiger partial charge is 0.295 e. The lowest BCUT2D eigenvalue weighted by atomic mass is 10.0. The van der Waals surface area contributed by atoms with E-state index in [2.05, 4.69) is 0 Å².